The van der Waals surface area contributed by atoms with Gasteiger partial charge in [0.2, 0.25) is 5.91 Å². The van der Waals surface area contributed by atoms with Gasteiger partial charge in [0.25, 0.3) is 11.5 Å². The van der Waals surface area contributed by atoms with E-state index < -0.39 is 5.91 Å². The average Bonchev–Trinajstić information content (AvgIpc) is 2.77. The second kappa shape index (κ2) is 9.26. The Kier molecular flexibility index (Phi) is 6.51. The number of nitrogens with zero attached hydrogens (tertiary/aromatic N) is 1. The molecule has 1 heterocycles. The molecule has 0 bridgehead atoms. The van der Waals surface area contributed by atoms with Crippen molar-refractivity contribution in [3.63, 3.8) is 0 Å². The SMILES string of the molecule is CCC(C)NC(=O)CNC(=O)c1cn(-c2ccccc2OC)c(=O)c2ccccc12. The Labute approximate surface area is 174 Å². The Bertz CT molecular complexity index is 1140. The number of nitrogens with one attached hydrogen (secondary N) is 2. The van der Waals surface area contributed by atoms with Gasteiger partial charge in [-0.05, 0) is 31.5 Å². The third kappa shape index (κ3) is 4.35. The lowest BCUT2D eigenvalue weighted by atomic mass is 10.1. The van der Waals surface area contributed by atoms with Crippen LogP contribution in [0.1, 0.15) is 30.6 Å². The molecule has 7 nitrogen and oxygen atoms in total. The van der Waals surface area contributed by atoms with Crippen LogP contribution in [0.2, 0.25) is 0 Å². The van der Waals surface area contributed by atoms with Gasteiger partial charge in [-0.15, -0.1) is 0 Å². The molecule has 2 aromatic carbocycles. The molecule has 1 aromatic heterocycles. The lowest BCUT2D eigenvalue weighted by molar-refractivity contribution is -0.120. The summed E-state index contributed by atoms with van der Waals surface area (Å²) in [7, 11) is 1.52. The van der Waals surface area contributed by atoms with Crippen molar-refractivity contribution in [2.45, 2.75) is 26.3 Å². The zero-order valence-corrected chi connectivity index (χ0v) is 17.3. The maximum Gasteiger partial charge on any atom is 0.263 e. The summed E-state index contributed by atoms with van der Waals surface area (Å²) >= 11 is 0. The van der Waals surface area contributed by atoms with Crippen LogP contribution in [0.5, 0.6) is 5.75 Å². The van der Waals surface area contributed by atoms with Gasteiger partial charge in [0.05, 0.1) is 24.9 Å². The van der Waals surface area contributed by atoms with Crippen LogP contribution < -0.4 is 20.9 Å². The van der Waals surface area contributed by atoms with Crippen molar-refractivity contribution in [1.29, 1.82) is 0 Å². The van der Waals surface area contributed by atoms with Crippen LogP contribution in [0.4, 0.5) is 0 Å². The summed E-state index contributed by atoms with van der Waals surface area (Å²) in [5.41, 5.74) is 0.563. The zero-order chi connectivity index (χ0) is 21.7. The molecule has 0 fully saturated rings. The van der Waals surface area contributed by atoms with Gasteiger partial charge in [-0.1, -0.05) is 37.3 Å². The average molecular weight is 407 g/mol. The lowest BCUT2D eigenvalue weighted by Crippen LogP contribution is -2.40. The van der Waals surface area contributed by atoms with E-state index in [0.717, 1.165) is 6.42 Å². The fourth-order valence-electron chi connectivity index (χ4n) is 3.16. The zero-order valence-electron chi connectivity index (χ0n) is 17.3. The first-order chi connectivity index (χ1) is 14.5. The molecule has 156 valence electrons. The van der Waals surface area contributed by atoms with Crippen LogP contribution in [0.25, 0.3) is 16.5 Å². The Morgan fingerprint density at radius 1 is 1.07 bits per heavy atom. The number of aromatic nitrogens is 1. The summed E-state index contributed by atoms with van der Waals surface area (Å²) in [6.45, 7) is 3.72. The number of carbonyl (C=O) groups is 2. The van der Waals surface area contributed by atoms with Crippen molar-refractivity contribution in [2.75, 3.05) is 13.7 Å². The van der Waals surface area contributed by atoms with Crippen LogP contribution >= 0.6 is 0 Å². The van der Waals surface area contributed by atoms with E-state index in [1.165, 1.54) is 17.9 Å². The van der Waals surface area contributed by atoms with Gasteiger partial charge in [-0.25, -0.2) is 0 Å². The summed E-state index contributed by atoms with van der Waals surface area (Å²) in [4.78, 5) is 38.1. The maximum absolute atomic E-state index is 13.1. The highest BCUT2D eigenvalue weighted by molar-refractivity contribution is 6.07. The van der Waals surface area contributed by atoms with Crippen LogP contribution in [-0.4, -0.2) is 36.1 Å². The van der Waals surface area contributed by atoms with E-state index in [-0.39, 0.29) is 24.1 Å². The Morgan fingerprint density at radius 2 is 1.73 bits per heavy atom. The van der Waals surface area contributed by atoms with Gasteiger partial charge in [-0.3, -0.25) is 19.0 Å². The topological polar surface area (TPSA) is 89.4 Å². The fraction of sp³-hybridized carbons (Fsp3) is 0.261. The largest absolute Gasteiger partial charge is 0.495 e. The number of ether oxygens (including phenoxy) is 1. The Balaban J connectivity index is 2.02. The number of rotatable bonds is 7. The second-order valence-electron chi connectivity index (χ2n) is 6.99. The van der Waals surface area contributed by atoms with Crippen LogP contribution in [0, 0.1) is 0 Å². The molecule has 3 rings (SSSR count). The molecule has 0 spiro atoms. The number of carbonyl (C=O) groups excluding carboxylic acids is 2. The Morgan fingerprint density at radius 3 is 2.43 bits per heavy atom. The number of amides is 2. The van der Waals surface area contributed by atoms with E-state index in [0.29, 0.717) is 27.8 Å². The van der Waals surface area contributed by atoms with Crippen molar-refractivity contribution in [3.8, 4) is 11.4 Å². The first-order valence-electron chi connectivity index (χ1n) is 9.81. The number of methoxy groups -OCH3 is 1. The highest BCUT2D eigenvalue weighted by atomic mass is 16.5. The molecule has 0 saturated carbocycles. The first kappa shape index (κ1) is 21.1. The molecular weight excluding hydrogens is 382 g/mol. The van der Waals surface area contributed by atoms with Gasteiger partial charge >= 0.3 is 0 Å². The van der Waals surface area contributed by atoms with Crippen molar-refractivity contribution >= 4 is 22.6 Å². The molecule has 0 radical (unpaired) electrons. The van der Waals surface area contributed by atoms with Crippen molar-refractivity contribution in [2.24, 2.45) is 0 Å². The summed E-state index contributed by atoms with van der Waals surface area (Å²) < 4.78 is 6.78. The van der Waals surface area contributed by atoms with E-state index >= 15 is 0 Å². The predicted molar refractivity (Wildman–Crippen MR) is 116 cm³/mol. The minimum absolute atomic E-state index is 0.0303. The maximum atomic E-state index is 13.1. The second-order valence-corrected chi connectivity index (χ2v) is 6.99. The summed E-state index contributed by atoms with van der Waals surface area (Å²) in [5.74, 6) is -0.191. The number of para-hydroxylation sites is 2. The van der Waals surface area contributed by atoms with Crippen molar-refractivity contribution < 1.29 is 14.3 Å². The molecule has 0 saturated heterocycles. The normalized spacial score (nSPS) is 11.7. The van der Waals surface area contributed by atoms with Crippen molar-refractivity contribution in [1.82, 2.24) is 15.2 Å². The molecule has 3 aromatic rings. The number of benzene rings is 2. The number of pyridine rings is 1. The molecule has 30 heavy (non-hydrogen) atoms. The Hall–Kier alpha value is -3.61. The van der Waals surface area contributed by atoms with Gasteiger partial charge in [0.1, 0.15) is 5.75 Å². The molecule has 0 aliphatic carbocycles. The number of hydrogen-bond donors (Lipinski definition) is 2. The number of fused-ring (bicyclic) bond motifs is 1. The van der Waals surface area contributed by atoms with Crippen molar-refractivity contribution in [3.05, 3.63) is 70.6 Å². The molecule has 0 aliphatic heterocycles. The van der Waals surface area contributed by atoms with Crippen LogP contribution in [0.15, 0.2) is 59.5 Å². The minimum atomic E-state index is -0.436. The molecule has 2 N–H and O–H groups in total. The van der Waals surface area contributed by atoms with E-state index in [1.54, 1.807) is 48.5 Å². The third-order valence-corrected chi connectivity index (χ3v) is 4.94. The van der Waals surface area contributed by atoms with E-state index in [1.807, 2.05) is 13.8 Å². The van der Waals surface area contributed by atoms with Gasteiger partial charge < -0.3 is 15.4 Å². The first-order valence-corrected chi connectivity index (χ1v) is 9.81. The van der Waals surface area contributed by atoms with E-state index in [9.17, 15) is 14.4 Å². The molecule has 2 amide bonds. The fourth-order valence-corrected chi connectivity index (χ4v) is 3.16. The summed E-state index contributed by atoms with van der Waals surface area (Å²) in [6, 6.07) is 14.0. The lowest BCUT2D eigenvalue weighted by Gasteiger charge is -2.15. The number of hydrogen-bond acceptors (Lipinski definition) is 4. The molecule has 1 atom stereocenters. The van der Waals surface area contributed by atoms with Crippen LogP contribution in [-0.2, 0) is 4.79 Å². The van der Waals surface area contributed by atoms with E-state index in [4.69, 9.17) is 4.74 Å². The monoisotopic (exact) mass is 407 g/mol. The van der Waals surface area contributed by atoms with Gasteiger partial charge in [-0.2, -0.15) is 0 Å². The van der Waals surface area contributed by atoms with Crippen LogP contribution in [0.3, 0.4) is 0 Å². The third-order valence-electron chi connectivity index (χ3n) is 4.94. The van der Waals surface area contributed by atoms with Gasteiger partial charge in [0, 0.05) is 23.0 Å². The highest BCUT2D eigenvalue weighted by Gasteiger charge is 2.18. The van der Waals surface area contributed by atoms with E-state index in [2.05, 4.69) is 10.6 Å². The molecule has 1 unspecified atom stereocenters. The summed E-state index contributed by atoms with van der Waals surface area (Å²) in [5, 5.41) is 6.38. The molecule has 7 heteroatoms. The summed E-state index contributed by atoms with van der Waals surface area (Å²) in [6.07, 6.45) is 2.29. The van der Waals surface area contributed by atoms with Gasteiger partial charge in [0.15, 0.2) is 0 Å². The standard InChI is InChI=1S/C23H25N3O4/c1-4-15(2)25-21(27)13-24-22(28)18-14-26(19-11-7-8-12-20(19)30-3)23(29)17-10-6-5-9-16(17)18/h5-12,14-15H,4,13H2,1-3H3,(H,24,28)(H,25,27). The highest BCUT2D eigenvalue weighted by Crippen LogP contribution is 2.23. The smallest absolute Gasteiger partial charge is 0.263 e. The molecule has 0 aliphatic rings. The predicted octanol–water partition coefficient (Wildman–Crippen LogP) is 2.64. The molecular formula is C23H25N3O4. The quantitative estimate of drug-likeness (QED) is 0.630. The minimum Gasteiger partial charge on any atom is -0.495 e.